The average molecular weight is 283 g/mol. The van der Waals surface area contributed by atoms with Crippen molar-refractivity contribution in [3.8, 4) is 0 Å². The fraction of sp³-hybridized carbons (Fsp3) is 0.385. The second-order valence-electron chi connectivity index (χ2n) is 4.63. The largest absolute Gasteiger partial charge is 0.480 e. The van der Waals surface area contributed by atoms with E-state index in [9.17, 15) is 9.59 Å². The Balaban J connectivity index is 2.57. The molecule has 0 aromatic heterocycles. The molecular formula is C13H15ClN2O3. The number of hydrogen-bond donors (Lipinski definition) is 1. The quantitative estimate of drug-likeness (QED) is 0.900. The van der Waals surface area contributed by atoms with Crippen molar-refractivity contribution in [3.05, 3.63) is 22.7 Å². The molecule has 0 aliphatic carbocycles. The molecule has 1 aromatic carbocycles. The molecule has 0 fully saturated rings. The summed E-state index contributed by atoms with van der Waals surface area (Å²) in [5, 5.41) is 9.44. The van der Waals surface area contributed by atoms with E-state index in [1.807, 2.05) is 13.0 Å². The third-order valence-corrected chi connectivity index (χ3v) is 3.45. The van der Waals surface area contributed by atoms with Gasteiger partial charge in [-0.1, -0.05) is 11.6 Å². The molecule has 19 heavy (non-hydrogen) atoms. The first-order valence-corrected chi connectivity index (χ1v) is 6.31. The molecule has 1 heterocycles. The number of aryl methyl sites for hydroxylation is 1. The number of carbonyl (C=O) groups is 2. The first-order valence-electron chi connectivity index (χ1n) is 5.93. The van der Waals surface area contributed by atoms with Crippen LogP contribution in [0.25, 0.3) is 0 Å². The van der Waals surface area contributed by atoms with Gasteiger partial charge in [0.05, 0.1) is 16.4 Å². The molecule has 0 atom stereocenters. The Morgan fingerprint density at radius 3 is 2.79 bits per heavy atom. The molecule has 0 bridgehead atoms. The molecule has 2 rings (SSSR count). The standard InChI is InChI=1S/C13H15ClN2O3/c1-8-5-9(14)13-10(6-8)16(7-12(18)19)4-3-11(17)15(13)2/h5-6H,3-4,7H2,1-2H3,(H,18,19). The number of benzene rings is 1. The van der Waals surface area contributed by atoms with Crippen molar-refractivity contribution in [1.29, 1.82) is 0 Å². The molecule has 0 spiro atoms. The summed E-state index contributed by atoms with van der Waals surface area (Å²) in [7, 11) is 1.66. The number of hydrogen-bond acceptors (Lipinski definition) is 3. The van der Waals surface area contributed by atoms with Gasteiger partial charge in [0.25, 0.3) is 0 Å². The number of carbonyl (C=O) groups excluding carboxylic acids is 1. The molecule has 1 aliphatic rings. The topological polar surface area (TPSA) is 60.9 Å². The van der Waals surface area contributed by atoms with Crippen LogP contribution in [0.3, 0.4) is 0 Å². The van der Waals surface area contributed by atoms with E-state index in [0.717, 1.165) is 5.56 Å². The SMILES string of the molecule is Cc1cc(Cl)c2c(c1)N(CC(=O)O)CCC(=O)N2C. The van der Waals surface area contributed by atoms with Gasteiger partial charge in [0.1, 0.15) is 6.54 Å². The Kier molecular flexibility index (Phi) is 3.66. The minimum Gasteiger partial charge on any atom is -0.480 e. The minimum absolute atomic E-state index is 0.0695. The Morgan fingerprint density at radius 2 is 2.16 bits per heavy atom. The number of carboxylic acid groups (broad SMARTS) is 1. The number of aliphatic carboxylic acids is 1. The summed E-state index contributed by atoms with van der Waals surface area (Å²) in [4.78, 5) is 26.1. The van der Waals surface area contributed by atoms with E-state index < -0.39 is 5.97 Å². The number of amides is 1. The zero-order valence-corrected chi connectivity index (χ0v) is 11.6. The average Bonchev–Trinajstić information content (AvgIpc) is 2.41. The lowest BCUT2D eigenvalue weighted by atomic mass is 10.1. The molecular weight excluding hydrogens is 268 g/mol. The van der Waals surface area contributed by atoms with Crippen LogP contribution in [0.1, 0.15) is 12.0 Å². The van der Waals surface area contributed by atoms with Crippen LogP contribution < -0.4 is 9.80 Å². The second-order valence-corrected chi connectivity index (χ2v) is 5.04. The van der Waals surface area contributed by atoms with Crippen LogP contribution in [-0.4, -0.2) is 37.1 Å². The van der Waals surface area contributed by atoms with E-state index in [1.165, 1.54) is 4.90 Å². The Labute approximate surface area is 116 Å². The van der Waals surface area contributed by atoms with Gasteiger partial charge in [-0.2, -0.15) is 0 Å². The number of anilines is 2. The highest BCUT2D eigenvalue weighted by Gasteiger charge is 2.27. The molecule has 1 N–H and O–H groups in total. The Bertz CT molecular complexity index is 545. The van der Waals surface area contributed by atoms with Gasteiger partial charge in [0.15, 0.2) is 0 Å². The van der Waals surface area contributed by atoms with Crippen molar-refractivity contribution in [3.63, 3.8) is 0 Å². The second kappa shape index (κ2) is 5.09. The van der Waals surface area contributed by atoms with E-state index in [-0.39, 0.29) is 18.9 Å². The van der Waals surface area contributed by atoms with Crippen LogP contribution in [0.4, 0.5) is 11.4 Å². The third-order valence-electron chi connectivity index (χ3n) is 3.16. The molecule has 1 aliphatic heterocycles. The molecule has 0 saturated carbocycles. The first-order chi connectivity index (χ1) is 8.90. The van der Waals surface area contributed by atoms with Gasteiger partial charge >= 0.3 is 5.97 Å². The van der Waals surface area contributed by atoms with E-state index >= 15 is 0 Å². The van der Waals surface area contributed by atoms with Gasteiger partial charge < -0.3 is 14.9 Å². The van der Waals surface area contributed by atoms with Gasteiger partial charge in [0.2, 0.25) is 5.91 Å². The highest BCUT2D eigenvalue weighted by molar-refractivity contribution is 6.34. The highest BCUT2D eigenvalue weighted by atomic mass is 35.5. The maximum Gasteiger partial charge on any atom is 0.323 e. The molecule has 0 saturated heterocycles. The number of halogens is 1. The summed E-state index contributed by atoms with van der Waals surface area (Å²) in [5.74, 6) is -1.000. The summed E-state index contributed by atoms with van der Waals surface area (Å²) in [6, 6.07) is 3.63. The summed E-state index contributed by atoms with van der Waals surface area (Å²) < 4.78 is 0. The van der Waals surface area contributed by atoms with Crippen molar-refractivity contribution in [2.75, 3.05) is 29.9 Å². The molecule has 5 nitrogen and oxygen atoms in total. The van der Waals surface area contributed by atoms with Crippen molar-refractivity contribution in [2.45, 2.75) is 13.3 Å². The van der Waals surface area contributed by atoms with E-state index in [0.29, 0.717) is 22.9 Å². The third kappa shape index (κ3) is 2.66. The molecule has 1 aromatic rings. The van der Waals surface area contributed by atoms with Crippen molar-refractivity contribution in [2.24, 2.45) is 0 Å². The van der Waals surface area contributed by atoms with E-state index in [4.69, 9.17) is 16.7 Å². The van der Waals surface area contributed by atoms with Crippen LogP contribution >= 0.6 is 11.6 Å². The smallest absolute Gasteiger partial charge is 0.323 e. The Morgan fingerprint density at radius 1 is 1.47 bits per heavy atom. The lowest BCUT2D eigenvalue weighted by Crippen LogP contribution is -2.30. The van der Waals surface area contributed by atoms with Gasteiger partial charge in [-0.15, -0.1) is 0 Å². The van der Waals surface area contributed by atoms with E-state index in [1.54, 1.807) is 18.0 Å². The van der Waals surface area contributed by atoms with Crippen molar-refractivity contribution < 1.29 is 14.7 Å². The van der Waals surface area contributed by atoms with Crippen LogP contribution in [-0.2, 0) is 9.59 Å². The molecule has 102 valence electrons. The maximum atomic E-state index is 11.9. The van der Waals surface area contributed by atoms with Crippen LogP contribution in [0.5, 0.6) is 0 Å². The van der Waals surface area contributed by atoms with Crippen molar-refractivity contribution in [1.82, 2.24) is 0 Å². The van der Waals surface area contributed by atoms with Crippen LogP contribution in [0.15, 0.2) is 12.1 Å². The van der Waals surface area contributed by atoms with Gasteiger partial charge in [-0.25, -0.2) is 0 Å². The summed E-state index contributed by atoms with van der Waals surface area (Å²) in [5.41, 5.74) is 2.21. The lowest BCUT2D eigenvalue weighted by Gasteiger charge is -2.25. The Hall–Kier alpha value is -1.75. The minimum atomic E-state index is -0.930. The number of nitrogens with zero attached hydrogens (tertiary/aromatic N) is 2. The summed E-state index contributed by atoms with van der Waals surface area (Å²) >= 11 is 6.21. The van der Waals surface area contributed by atoms with Crippen LogP contribution in [0, 0.1) is 6.92 Å². The van der Waals surface area contributed by atoms with Crippen molar-refractivity contribution >= 4 is 34.9 Å². The van der Waals surface area contributed by atoms with Crippen LogP contribution in [0.2, 0.25) is 5.02 Å². The molecule has 6 heteroatoms. The van der Waals surface area contributed by atoms with Gasteiger partial charge in [-0.05, 0) is 24.6 Å². The molecule has 0 unspecified atom stereocenters. The highest BCUT2D eigenvalue weighted by Crippen LogP contribution is 2.39. The first kappa shape index (κ1) is 13.7. The fourth-order valence-electron chi connectivity index (χ4n) is 2.26. The van der Waals surface area contributed by atoms with Gasteiger partial charge in [0, 0.05) is 20.0 Å². The molecule has 1 amide bonds. The summed E-state index contributed by atoms with van der Waals surface area (Å²) in [6.45, 7) is 2.12. The number of carboxylic acids is 1. The van der Waals surface area contributed by atoms with Gasteiger partial charge in [-0.3, -0.25) is 9.59 Å². The maximum absolute atomic E-state index is 11.9. The monoisotopic (exact) mass is 282 g/mol. The van der Waals surface area contributed by atoms with E-state index in [2.05, 4.69) is 0 Å². The predicted molar refractivity (Wildman–Crippen MR) is 74.1 cm³/mol. The fourth-order valence-corrected chi connectivity index (χ4v) is 2.66. The number of rotatable bonds is 2. The lowest BCUT2D eigenvalue weighted by molar-refractivity contribution is -0.135. The normalized spacial score (nSPS) is 15.2. The zero-order chi connectivity index (χ0) is 14.2. The molecule has 0 radical (unpaired) electrons. The zero-order valence-electron chi connectivity index (χ0n) is 10.8. The number of fused-ring (bicyclic) bond motifs is 1. The predicted octanol–water partition coefficient (Wildman–Crippen LogP) is 1.91. The summed E-state index contributed by atoms with van der Waals surface area (Å²) in [6.07, 6.45) is 0.272.